The van der Waals surface area contributed by atoms with Crippen LogP contribution in [0.3, 0.4) is 0 Å². The lowest BCUT2D eigenvalue weighted by Crippen LogP contribution is -2.02. The molecule has 112 valence electrons. The van der Waals surface area contributed by atoms with Crippen molar-refractivity contribution in [2.75, 3.05) is 18.5 Å². The molecule has 21 heavy (non-hydrogen) atoms. The van der Waals surface area contributed by atoms with E-state index in [-0.39, 0.29) is 0 Å². The Balaban J connectivity index is 2.10. The summed E-state index contributed by atoms with van der Waals surface area (Å²) in [6, 6.07) is 13.0. The van der Waals surface area contributed by atoms with Gasteiger partial charge in [0.15, 0.2) is 11.5 Å². The summed E-state index contributed by atoms with van der Waals surface area (Å²) in [5.74, 6) is 1.76. The lowest BCUT2D eigenvalue weighted by Gasteiger charge is -2.13. The molecule has 0 aliphatic carbocycles. The van der Waals surface area contributed by atoms with Crippen molar-refractivity contribution < 1.29 is 14.6 Å². The summed E-state index contributed by atoms with van der Waals surface area (Å²) in [6.45, 7) is 5.62. The number of phenolic OH excluding ortho intramolecular Hbond substituents is 1. The molecule has 0 atom stereocenters. The van der Waals surface area contributed by atoms with Gasteiger partial charge in [-0.1, -0.05) is 18.2 Å². The fourth-order valence-electron chi connectivity index (χ4n) is 2.02. The molecule has 0 saturated carbocycles. The fraction of sp³-hybridized carbons (Fsp3) is 0.294. The SMILES string of the molecule is CCOc1ccc(NCc2ccccc2O)cc1OCC. The molecule has 2 N–H and O–H groups in total. The van der Waals surface area contributed by atoms with E-state index in [2.05, 4.69) is 5.32 Å². The van der Waals surface area contributed by atoms with Crippen molar-refractivity contribution in [1.82, 2.24) is 0 Å². The molecule has 0 unspecified atom stereocenters. The summed E-state index contributed by atoms with van der Waals surface area (Å²) < 4.78 is 11.1. The van der Waals surface area contributed by atoms with Gasteiger partial charge in [0, 0.05) is 23.9 Å². The molecule has 0 spiro atoms. The Labute approximate surface area is 125 Å². The highest BCUT2D eigenvalue weighted by molar-refractivity contribution is 5.55. The van der Waals surface area contributed by atoms with E-state index in [0.29, 0.717) is 25.5 Å². The normalized spacial score (nSPS) is 10.2. The van der Waals surface area contributed by atoms with Crippen LogP contribution in [0.1, 0.15) is 19.4 Å². The number of rotatable bonds is 7. The Morgan fingerprint density at radius 2 is 1.67 bits per heavy atom. The van der Waals surface area contributed by atoms with Crippen molar-refractivity contribution in [2.24, 2.45) is 0 Å². The molecule has 0 aliphatic heterocycles. The number of hydrogen-bond donors (Lipinski definition) is 2. The van der Waals surface area contributed by atoms with Gasteiger partial charge in [-0.15, -0.1) is 0 Å². The van der Waals surface area contributed by atoms with Crippen molar-refractivity contribution in [3.8, 4) is 17.2 Å². The van der Waals surface area contributed by atoms with E-state index >= 15 is 0 Å². The van der Waals surface area contributed by atoms with Crippen LogP contribution >= 0.6 is 0 Å². The molecule has 2 rings (SSSR count). The third-order valence-electron chi connectivity index (χ3n) is 3.02. The molecule has 0 saturated heterocycles. The van der Waals surface area contributed by atoms with Crippen molar-refractivity contribution in [1.29, 1.82) is 0 Å². The lowest BCUT2D eigenvalue weighted by atomic mass is 10.2. The number of anilines is 1. The second-order valence-electron chi connectivity index (χ2n) is 4.51. The quantitative estimate of drug-likeness (QED) is 0.813. The van der Waals surface area contributed by atoms with Crippen LogP contribution in [0.5, 0.6) is 17.2 Å². The molecule has 2 aromatic carbocycles. The largest absolute Gasteiger partial charge is 0.508 e. The molecule has 0 bridgehead atoms. The van der Waals surface area contributed by atoms with E-state index in [0.717, 1.165) is 22.7 Å². The Kier molecular flexibility index (Phi) is 5.32. The highest BCUT2D eigenvalue weighted by Crippen LogP contribution is 2.31. The van der Waals surface area contributed by atoms with E-state index in [9.17, 15) is 5.11 Å². The minimum atomic E-state index is 0.293. The Bertz CT molecular complexity index is 584. The average molecular weight is 287 g/mol. The molecular weight excluding hydrogens is 266 g/mol. The van der Waals surface area contributed by atoms with Crippen molar-refractivity contribution >= 4 is 5.69 Å². The molecule has 4 nitrogen and oxygen atoms in total. The molecule has 0 amide bonds. The lowest BCUT2D eigenvalue weighted by molar-refractivity contribution is 0.288. The summed E-state index contributed by atoms with van der Waals surface area (Å²) in [5.41, 5.74) is 1.77. The molecule has 0 aliphatic rings. The van der Waals surface area contributed by atoms with Gasteiger partial charge in [0.25, 0.3) is 0 Å². The summed E-state index contributed by atoms with van der Waals surface area (Å²) in [6.07, 6.45) is 0. The first kappa shape index (κ1) is 15.0. The standard InChI is InChI=1S/C17H21NO3/c1-3-20-16-10-9-14(11-17(16)21-4-2)18-12-13-7-5-6-8-15(13)19/h5-11,18-19H,3-4,12H2,1-2H3. The highest BCUT2D eigenvalue weighted by Gasteiger charge is 2.06. The van der Waals surface area contributed by atoms with Crippen molar-refractivity contribution in [2.45, 2.75) is 20.4 Å². The Morgan fingerprint density at radius 1 is 0.952 bits per heavy atom. The molecular formula is C17H21NO3. The number of ether oxygens (including phenoxy) is 2. The van der Waals surface area contributed by atoms with E-state index < -0.39 is 0 Å². The molecule has 0 aromatic heterocycles. The predicted octanol–water partition coefficient (Wildman–Crippen LogP) is 3.80. The predicted molar refractivity (Wildman–Crippen MR) is 84.2 cm³/mol. The maximum absolute atomic E-state index is 9.76. The molecule has 0 radical (unpaired) electrons. The van der Waals surface area contributed by atoms with Gasteiger partial charge < -0.3 is 19.9 Å². The van der Waals surface area contributed by atoms with Crippen LogP contribution in [0.25, 0.3) is 0 Å². The second kappa shape index (κ2) is 7.43. The molecule has 0 heterocycles. The van der Waals surface area contributed by atoms with Crippen molar-refractivity contribution in [3.05, 3.63) is 48.0 Å². The summed E-state index contributed by atoms with van der Waals surface area (Å²) in [7, 11) is 0. The monoisotopic (exact) mass is 287 g/mol. The van der Waals surface area contributed by atoms with E-state index in [1.807, 2.05) is 50.2 Å². The maximum Gasteiger partial charge on any atom is 0.163 e. The zero-order valence-corrected chi connectivity index (χ0v) is 12.4. The van der Waals surface area contributed by atoms with Crippen molar-refractivity contribution in [3.63, 3.8) is 0 Å². The topological polar surface area (TPSA) is 50.7 Å². The van der Waals surface area contributed by atoms with Gasteiger partial charge in [0.2, 0.25) is 0 Å². The van der Waals surface area contributed by atoms with Crippen LogP contribution in [0.2, 0.25) is 0 Å². The van der Waals surface area contributed by atoms with E-state index in [4.69, 9.17) is 9.47 Å². The van der Waals surface area contributed by atoms with Gasteiger partial charge in [-0.3, -0.25) is 0 Å². The smallest absolute Gasteiger partial charge is 0.163 e. The van der Waals surface area contributed by atoms with Gasteiger partial charge in [-0.2, -0.15) is 0 Å². The van der Waals surface area contributed by atoms with Gasteiger partial charge in [0.1, 0.15) is 5.75 Å². The number of aromatic hydroxyl groups is 1. The van der Waals surface area contributed by atoms with Gasteiger partial charge in [0.05, 0.1) is 13.2 Å². The number of nitrogens with one attached hydrogen (secondary N) is 1. The average Bonchev–Trinajstić information content (AvgIpc) is 2.49. The number of phenols is 1. The van der Waals surface area contributed by atoms with Gasteiger partial charge in [-0.25, -0.2) is 0 Å². The third kappa shape index (κ3) is 4.05. The third-order valence-corrected chi connectivity index (χ3v) is 3.02. The summed E-state index contributed by atoms with van der Waals surface area (Å²) in [5, 5.41) is 13.0. The zero-order valence-electron chi connectivity index (χ0n) is 12.4. The van der Waals surface area contributed by atoms with Crippen LogP contribution in [0.4, 0.5) is 5.69 Å². The van der Waals surface area contributed by atoms with Crippen LogP contribution in [0.15, 0.2) is 42.5 Å². The van der Waals surface area contributed by atoms with E-state index in [1.54, 1.807) is 6.07 Å². The molecule has 0 fully saturated rings. The zero-order chi connectivity index (χ0) is 15.1. The first-order valence-electron chi connectivity index (χ1n) is 7.15. The van der Waals surface area contributed by atoms with Crippen LogP contribution in [-0.2, 0) is 6.54 Å². The minimum Gasteiger partial charge on any atom is -0.508 e. The maximum atomic E-state index is 9.76. The summed E-state index contributed by atoms with van der Waals surface area (Å²) in [4.78, 5) is 0. The fourth-order valence-corrected chi connectivity index (χ4v) is 2.02. The highest BCUT2D eigenvalue weighted by atomic mass is 16.5. The number of benzene rings is 2. The molecule has 4 heteroatoms. The number of para-hydroxylation sites is 1. The van der Waals surface area contributed by atoms with Gasteiger partial charge in [-0.05, 0) is 32.0 Å². The Hall–Kier alpha value is -2.36. The van der Waals surface area contributed by atoms with Crippen LogP contribution in [-0.4, -0.2) is 18.3 Å². The second-order valence-corrected chi connectivity index (χ2v) is 4.51. The minimum absolute atomic E-state index is 0.293. The summed E-state index contributed by atoms with van der Waals surface area (Å²) >= 11 is 0. The molecule has 2 aromatic rings. The van der Waals surface area contributed by atoms with Crippen LogP contribution in [0, 0.1) is 0 Å². The Morgan fingerprint density at radius 3 is 2.38 bits per heavy atom. The van der Waals surface area contributed by atoms with E-state index in [1.165, 1.54) is 0 Å². The number of hydrogen-bond acceptors (Lipinski definition) is 4. The van der Waals surface area contributed by atoms with Crippen LogP contribution < -0.4 is 14.8 Å². The first-order chi connectivity index (χ1) is 10.2. The first-order valence-corrected chi connectivity index (χ1v) is 7.15. The van der Waals surface area contributed by atoms with Gasteiger partial charge >= 0.3 is 0 Å².